The van der Waals surface area contributed by atoms with E-state index >= 15 is 0 Å². The number of aromatic hydroxyl groups is 1. The van der Waals surface area contributed by atoms with Crippen LogP contribution in [0, 0.1) is 0 Å². The van der Waals surface area contributed by atoms with Gasteiger partial charge in [0.1, 0.15) is 0 Å². The van der Waals surface area contributed by atoms with E-state index in [0.717, 1.165) is 5.56 Å². The number of nitrogens with zero attached hydrogens (tertiary/aromatic N) is 2. The molecule has 8 nitrogen and oxygen atoms in total. The molecule has 3 N–H and O–H groups in total. The molecule has 8 heteroatoms. The van der Waals surface area contributed by atoms with E-state index in [0.29, 0.717) is 6.54 Å². The second kappa shape index (κ2) is 7.69. The molecule has 27 heavy (non-hydrogen) atoms. The molecular weight excluding hydrogens is 350 g/mol. The van der Waals surface area contributed by atoms with Gasteiger partial charge < -0.3 is 20.1 Å². The zero-order valence-corrected chi connectivity index (χ0v) is 14.3. The highest BCUT2D eigenvalue weighted by Crippen LogP contribution is 2.24. The van der Waals surface area contributed by atoms with Crippen LogP contribution in [0.2, 0.25) is 0 Å². The molecule has 0 bridgehead atoms. The van der Waals surface area contributed by atoms with Crippen molar-refractivity contribution < 1.29 is 19.8 Å². The van der Waals surface area contributed by atoms with Gasteiger partial charge in [0.15, 0.2) is 11.4 Å². The van der Waals surface area contributed by atoms with E-state index in [1.54, 1.807) is 12.3 Å². The van der Waals surface area contributed by atoms with E-state index in [9.17, 15) is 19.5 Å². The van der Waals surface area contributed by atoms with Crippen LogP contribution in [0.4, 0.5) is 0 Å². The Bertz CT molecular complexity index is 1060. The van der Waals surface area contributed by atoms with Gasteiger partial charge in [0.05, 0.1) is 18.4 Å². The number of hydrogen-bond acceptors (Lipinski definition) is 5. The van der Waals surface area contributed by atoms with E-state index in [2.05, 4.69) is 10.3 Å². The highest BCUT2D eigenvalue weighted by Gasteiger charge is 2.17. The molecule has 0 aliphatic heterocycles. The predicted octanol–water partition coefficient (Wildman–Crippen LogP) is 1.35. The third kappa shape index (κ3) is 3.95. The van der Waals surface area contributed by atoms with Crippen molar-refractivity contribution in [2.75, 3.05) is 6.54 Å². The van der Waals surface area contributed by atoms with Gasteiger partial charge in [0, 0.05) is 24.3 Å². The van der Waals surface area contributed by atoms with Crippen LogP contribution in [0.5, 0.6) is 5.75 Å². The lowest BCUT2D eigenvalue weighted by atomic mass is 10.1. The van der Waals surface area contributed by atoms with E-state index in [-0.39, 0.29) is 35.0 Å². The first-order valence-corrected chi connectivity index (χ1v) is 8.22. The van der Waals surface area contributed by atoms with Crippen LogP contribution < -0.4 is 10.9 Å². The molecule has 0 saturated heterocycles. The number of hydrogen-bond donors (Lipinski definition) is 3. The Hall–Kier alpha value is -3.68. The largest absolute Gasteiger partial charge is 0.505 e. The molecular formula is C19H17N3O5. The van der Waals surface area contributed by atoms with Gasteiger partial charge in [-0.2, -0.15) is 0 Å². The number of fused-ring (bicyclic) bond motifs is 1. The highest BCUT2D eigenvalue weighted by molar-refractivity contribution is 6.01. The third-order valence-corrected chi connectivity index (χ3v) is 4.04. The zero-order chi connectivity index (χ0) is 19.4. The maximum Gasteiger partial charge on any atom is 0.305 e. The fraction of sp³-hybridized carbons (Fsp3) is 0.158. The van der Waals surface area contributed by atoms with Crippen LogP contribution in [0.1, 0.15) is 22.5 Å². The SMILES string of the molecule is O=C(O)CCNC(=O)c1ncc2c(=O)n(Cc3ccccc3)ccc2c1O. The molecule has 3 rings (SSSR count). The van der Waals surface area contributed by atoms with Gasteiger partial charge >= 0.3 is 5.97 Å². The van der Waals surface area contributed by atoms with Gasteiger partial charge in [-0.05, 0) is 11.6 Å². The Kier molecular flexibility index (Phi) is 5.16. The number of carboxylic acids is 1. The van der Waals surface area contributed by atoms with E-state index in [1.165, 1.54) is 10.8 Å². The summed E-state index contributed by atoms with van der Waals surface area (Å²) in [5.74, 6) is -2.17. The lowest BCUT2D eigenvalue weighted by molar-refractivity contribution is -0.136. The number of amides is 1. The number of aromatic nitrogens is 2. The molecule has 1 amide bonds. The van der Waals surface area contributed by atoms with Gasteiger partial charge in [0.2, 0.25) is 0 Å². The molecule has 2 aromatic heterocycles. The Balaban J connectivity index is 1.91. The standard InChI is InChI=1S/C19H17N3O5/c23-15(24)6-8-20-18(26)16-17(25)13-7-9-22(19(27)14(13)10-21-16)11-12-4-2-1-3-5-12/h1-5,7,9-10,25H,6,8,11H2,(H,20,26)(H,23,24). The summed E-state index contributed by atoms with van der Waals surface area (Å²) in [5.41, 5.74) is 0.357. The molecule has 0 fully saturated rings. The molecule has 0 spiro atoms. The highest BCUT2D eigenvalue weighted by atomic mass is 16.4. The van der Waals surface area contributed by atoms with Crippen molar-refractivity contribution >= 4 is 22.6 Å². The van der Waals surface area contributed by atoms with Crippen molar-refractivity contribution in [2.24, 2.45) is 0 Å². The molecule has 3 aromatic rings. The van der Waals surface area contributed by atoms with Gasteiger partial charge in [-0.25, -0.2) is 4.98 Å². The number of nitrogens with one attached hydrogen (secondary N) is 1. The topological polar surface area (TPSA) is 122 Å². The van der Waals surface area contributed by atoms with Crippen molar-refractivity contribution in [2.45, 2.75) is 13.0 Å². The number of pyridine rings is 2. The van der Waals surface area contributed by atoms with Crippen molar-refractivity contribution in [3.05, 3.63) is 70.4 Å². The Morgan fingerprint density at radius 3 is 2.56 bits per heavy atom. The molecule has 0 aliphatic carbocycles. The van der Waals surface area contributed by atoms with Gasteiger partial charge in [-0.3, -0.25) is 14.4 Å². The lowest BCUT2D eigenvalue weighted by Crippen LogP contribution is -2.27. The fourth-order valence-corrected chi connectivity index (χ4v) is 2.68. The summed E-state index contributed by atoms with van der Waals surface area (Å²) in [7, 11) is 0. The van der Waals surface area contributed by atoms with Gasteiger partial charge in [-0.15, -0.1) is 0 Å². The van der Waals surface area contributed by atoms with Crippen LogP contribution in [0.25, 0.3) is 10.8 Å². The summed E-state index contributed by atoms with van der Waals surface area (Å²) < 4.78 is 1.49. The molecule has 0 atom stereocenters. The fourth-order valence-electron chi connectivity index (χ4n) is 2.68. The Morgan fingerprint density at radius 2 is 1.85 bits per heavy atom. The maximum absolute atomic E-state index is 12.7. The van der Waals surface area contributed by atoms with Crippen LogP contribution >= 0.6 is 0 Å². The average Bonchev–Trinajstić information content (AvgIpc) is 2.65. The minimum Gasteiger partial charge on any atom is -0.505 e. The maximum atomic E-state index is 12.7. The molecule has 1 aromatic carbocycles. The third-order valence-electron chi connectivity index (χ3n) is 4.04. The van der Waals surface area contributed by atoms with Crippen LogP contribution in [0.3, 0.4) is 0 Å². The minimum absolute atomic E-state index is 0.0913. The molecule has 0 saturated carbocycles. The quantitative estimate of drug-likeness (QED) is 0.605. The van der Waals surface area contributed by atoms with Gasteiger partial charge in [0.25, 0.3) is 11.5 Å². The van der Waals surface area contributed by atoms with Crippen molar-refractivity contribution in [3.8, 4) is 5.75 Å². The van der Waals surface area contributed by atoms with E-state index in [1.807, 2.05) is 30.3 Å². The molecule has 2 heterocycles. The second-order valence-corrected chi connectivity index (χ2v) is 5.92. The van der Waals surface area contributed by atoms with Crippen LogP contribution in [-0.2, 0) is 11.3 Å². The zero-order valence-electron chi connectivity index (χ0n) is 14.3. The number of carbonyl (C=O) groups excluding carboxylic acids is 1. The Morgan fingerprint density at radius 1 is 1.11 bits per heavy atom. The summed E-state index contributed by atoms with van der Waals surface area (Å²) in [6, 6.07) is 11.0. The number of rotatable bonds is 6. The minimum atomic E-state index is -1.05. The van der Waals surface area contributed by atoms with Crippen molar-refractivity contribution in [1.29, 1.82) is 0 Å². The van der Waals surface area contributed by atoms with Crippen molar-refractivity contribution in [1.82, 2.24) is 14.9 Å². The summed E-state index contributed by atoms with van der Waals surface area (Å²) in [4.78, 5) is 39.1. The van der Waals surface area contributed by atoms with Crippen LogP contribution in [-0.4, -0.2) is 38.2 Å². The van der Waals surface area contributed by atoms with Crippen LogP contribution in [0.15, 0.2) is 53.6 Å². The second-order valence-electron chi connectivity index (χ2n) is 5.92. The monoisotopic (exact) mass is 367 g/mol. The number of carbonyl (C=O) groups is 2. The normalized spacial score (nSPS) is 10.7. The average molecular weight is 367 g/mol. The Labute approximate surface area is 153 Å². The number of benzene rings is 1. The predicted molar refractivity (Wildman–Crippen MR) is 97.8 cm³/mol. The smallest absolute Gasteiger partial charge is 0.305 e. The number of carboxylic acid groups (broad SMARTS) is 1. The molecule has 138 valence electrons. The summed E-state index contributed by atoms with van der Waals surface area (Å²) in [6.07, 6.45) is 2.54. The molecule has 0 unspecified atom stereocenters. The van der Waals surface area contributed by atoms with E-state index < -0.39 is 17.6 Å². The van der Waals surface area contributed by atoms with Gasteiger partial charge in [-0.1, -0.05) is 30.3 Å². The summed E-state index contributed by atoms with van der Waals surface area (Å²) in [6.45, 7) is 0.278. The first-order chi connectivity index (χ1) is 13.0. The summed E-state index contributed by atoms with van der Waals surface area (Å²) >= 11 is 0. The first-order valence-electron chi connectivity index (χ1n) is 8.22. The van der Waals surface area contributed by atoms with Crippen molar-refractivity contribution in [3.63, 3.8) is 0 Å². The lowest BCUT2D eigenvalue weighted by Gasteiger charge is -2.10. The molecule has 0 aliphatic rings. The van der Waals surface area contributed by atoms with E-state index in [4.69, 9.17) is 5.11 Å². The summed E-state index contributed by atoms with van der Waals surface area (Å²) in [5, 5.41) is 21.7. The first kappa shape index (κ1) is 18.1. The molecule has 0 radical (unpaired) electrons. The number of aliphatic carboxylic acids is 1.